The van der Waals surface area contributed by atoms with E-state index in [1.54, 1.807) is 0 Å². The van der Waals surface area contributed by atoms with E-state index in [9.17, 15) is 9.36 Å². The van der Waals surface area contributed by atoms with Gasteiger partial charge in [0, 0.05) is 0 Å². The van der Waals surface area contributed by atoms with Crippen LogP contribution in [0.3, 0.4) is 0 Å². The molecule has 0 bridgehead atoms. The lowest BCUT2D eigenvalue weighted by molar-refractivity contribution is -0.136. The molecule has 0 aliphatic rings. The summed E-state index contributed by atoms with van der Waals surface area (Å²) in [6.07, 6.45) is 3.25. The van der Waals surface area contributed by atoms with Crippen molar-refractivity contribution in [3.63, 3.8) is 0 Å². The highest BCUT2D eigenvalue weighted by atomic mass is 31.2. The SMILES string of the molecule is CCCCOP(=O)(CCC(=O)O)OCCCC. The first kappa shape index (κ1) is 16.6. The third-order valence-corrected chi connectivity index (χ3v) is 4.09. The fraction of sp³-hybridized carbons (Fsp3) is 0.909. The minimum Gasteiger partial charge on any atom is -0.481 e. The summed E-state index contributed by atoms with van der Waals surface area (Å²) in [7, 11) is -3.21. The molecular formula is C11H23O5P. The van der Waals surface area contributed by atoms with Crippen LogP contribution in [0.5, 0.6) is 0 Å². The molecule has 0 aromatic carbocycles. The maximum atomic E-state index is 12.2. The summed E-state index contributed by atoms with van der Waals surface area (Å²) in [5.74, 6) is -0.983. The Morgan fingerprint density at radius 1 is 1.12 bits per heavy atom. The quantitative estimate of drug-likeness (QED) is 0.459. The molecule has 0 spiro atoms. The Bertz CT molecular complexity index is 240. The Morgan fingerprint density at radius 2 is 1.59 bits per heavy atom. The highest BCUT2D eigenvalue weighted by Crippen LogP contribution is 2.49. The lowest BCUT2D eigenvalue weighted by Gasteiger charge is -2.17. The summed E-state index contributed by atoms with van der Waals surface area (Å²) in [6.45, 7) is 4.73. The summed E-state index contributed by atoms with van der Waals surface area (Å²) in [6, 6.07) is 0. The molecule has 0 radical (unpaired) electrons. The van der Waals surface area contributed by atoms with Crippen molar-refractivity contribution in [1.29, 1.82) is 0 Å². The molecule has 0 fully saturated rings. The first-order valence-corrected chi connectivity index (χ1v) is 7.86. The first-order chi connectivity index (χ1) is 8.04. The smallest absolute Gasteiger partial charge is 0.331 e. The normalized spacial score (nSPS) is 11.6. The predicted octanol–water partition coefficient (Wildman–Crippen LogP) is 3.29. The Balaban J connectivity index is 4.14. The number of unbranched alkanes of at least 4 members (excludes halogenated alkanes) is 2. The molecule has 0 amide bonds. The van der Waals surface area contributed by atoms with Crippen molar-refractivity contribution < 1.29 is 23.5 Å². The van der Waals surface area contributed by atoms with Gasteiger partial charge < -0.3 is 14.2 Å². The number of carbonyl (C=O) groups is 1. The molecule has 0 saturated heterocycles. The zero-order valence-electron chi connectivity index (χ0n) is 10.7. The van der Waals surface area contributed by atoms with Crippen LogP contribution in [0.4, 0.5) is 0 Å². The van der Waals surface area contributed by atoms with Gasteiger partial charge in [-0.25, -0.2) is 0 Å². The summed E-state index contributed by atoms with van der Waals surface area (Å²) < 4.78 is 22.6. The van der Waals surface area contributed by atoms with E-state index in [0.717, 1.165) is 25.7 Å². The van der Waals surface area contributed by atoms with Crippen molar-refractivity contribution in [2.75, 3.05) is 19.4 Å². The number of hydrogen-bond acceptors (Lipinski definition) is 4. The van der Waals surface area contributed by atoms with Gasteiger partial charge in [0.15, 0.2) is 0 Å². The van der Waals surface area contributed by atoms with E-state index in [0.29, 0.717) is 13.2 Å². The fourth-order valence-electron chi connectivity index (χ4n) is 1.09. The summed E-state index contributed by atoms with van der Waals surface area (Å²) >= 11 is 0. The molecule has 102 valence electrons. The Morgan fingerprint density at radius 3 is 1.94 bits per heavy atom. The van der Waals surface area contributed by atoms with Gasteiger partial charge in [0.1, 0.15) is 0 Å². The van der Waals surface area contributed by atoms with Crippen molar-refractivity contribution in [1.82, 2.24) is 0 Å². The highest BCUT2D eigenvalue weighted by Gasteiger charge is 2.25. The van der Waals surface area contributed by atoms with Gasteiger partial charge in [-0.1, -0.05) is 26.7 Å². The average molecular weight is 266 g/mol. The van der Waals surface area contributed by atoms with E-state index in [1.807, 2.05) is 13.8 Å². The third kappa shape index (κ3) is 9.33. The molecule has 6 heteroatoms. The zero-order valence-corrected chi connectivity index (χ0v) is 11.6. The first-order valence-electron chi connectivity index (χ1n) is 6.14. The van der Waals surface area contributed by atoms with Gasteiger partial charge in [0.2, 0.25) is 0 Å². The van der Waals surface area contributed by atoms with Crippen LogP contribution in [0.25, 0.3) is 0 Å². The summed E-state index contributed by atoms with van der Waals surface area (Å²) in [4.78, 5) is 10.5. The molecule has 17 heavy (non-hydrogen) atoms. The van der Waals surface area contributed by atoms with Gasteiger partial charge in [-0.05, 0) is 12.8 Å². The molecule has 5 nitrogen and oxygen atoms in total. The molecule has 0 unspecified atom stereocenters. The summed E-state index contributed by atoms with van der Waals surface area (Å²) in [5, 5.41) is 8.59. The second-order valence-electron chi connectivity index (χ2n) is 3.85. The van der Waals surface area contributed by atoms with Gasteiger partial charge in [0.25, 0.3) is 0 Å². The second-order valence-corrected chi connectivity index (χ2v) is 6.04. The van der Waals surface area contributed by atoms with E-state index < -0.39 is 13.6 Å². The van der Waals surface area contributed by atoms with Crippen LogP contribution in [0.15, 0.2) is 0 Å². The molecular weight excluding hydrogens is 243 g/mol. The molecule has 0 aromatic rings. The molecule has 0 rings (SSSR count). The van der Waals surface area contributed by atoms with Gasteiger partial charge in [-0.15, -0.1) is 0 Å². The minimum atomic E-state index is -3.21. The standard InChI is InChI=1S/C11H23O5P/c1-3-5-8-15-17(14,10-7-11(12)13)16-9-6-4-2/h3-10H2,1-2H3,(H,12,13). The van der Waals surface area contributed by atoms with E-state index in [-0.39, 0.29) is 12.6 Å². The molecule has 0 aromatic heterocycles. The van der Waals surface area contributed by atoms with Crippen molar-refractivity contribution >= 4 is 13.6 Å². The lowest BCUT2D eigenvalue weighted by Crippen LogP contribution is -2.06. The monoisotopic (exact) mass is 266 g/mol. The van der Waals surface area contributed by atoms with Gasteiger partial charge in [0.05, 0.1) is 25.8 Å². The number of carboxylic acids is 1. The topological polar surface area (TPSA) is 72.8 Å². The number of carboxylic acid groups (broad SMARTS) is 1. The molecule has 0 atom stereocenters. The van der Waals surface area contributed by atoms with Crippen molar-refractivity contribution in [3.05, 3.63) is 0 Å². The second kappa shape index (κ2) is 9.63. The van der Waals surface area contributed by atoms with E-state index >= 15 is 0 Å². The molecule has 0 heterocycles. The maximum absolute atomic E-state index is 12.2. The van der Waals surface area contributed by atoms with Gasteiger partial charge in [-0.2, -0.15) is 0 Å². The summed E-state index contributed by atoms with van der Waals surface area (Å²) in [5.41, 5.74) is 0. The maximum Gasteiger partial charge on any atom is 0.331 e. The van der Waals surface area contributed by atoms with Crippen LogP contribution >= 0.6 is 7.60 Å². The molecule has 0 aliphatic carbocycles. The molecule has 1 N–H and O–H groups in total. The average Bonchev–Trinajstić information content (AvgIpc) is 2.27. The number of hydrogen-bond donors (Lipinski definition) is 1. The number of aliphatic carboxylic acids is 1. The Hall–Kier alpha value is -0.380. The van der Waals surface area contributed by atoms with Crippen LogP contribution in [0.1, 0.15) is 46.0 Å². The van der Waals surface area contributed by atoms with Crippen LogP contribution in [-0.4, -0.2) is 30.5 Å². The zero-order chi connectivity index (χ0) is 13.1. The highest BCUT2D eigenvalue weighted by molar-refractivity contribution is 7.53. The molecule has 0 aliphatic heterocycles. The fourth-order valence-corrected chi connectivity index (χ4v) is 2.71. The van der Waals surface area contributed by atoms with E-state index in [2.05, 4.69) is 0 Å². The van der Waals surface area contributed by atoms with E-state index in [4.69, 9.17) is 14.2 Å². The van der Waals surface area contributed by atoms with Crippen LogP contribution in [0.2, 0.25) is 0 Å². The van der Waals surface area contributed by atoms with Crippen LogP contribution in [-0.2, 0) is 18.4 Å². The Labute approximate surface area is 103 Å². The van der Waals surface area contributed by atoms with Gasteiger partial charge >= 0.3 is 13.6 Å². The van der Waals surface area contributed by atoms with Crippen molar-refractivity contribution in [3.8, 4) is 0 Å². The predicted molar refractivity (Wildman–Crippen MR) is 66.4 cm³/mol. The van der Waals surface area contributed by atoms with Crippen molar-refractivity contribution in [2.45, 2.75) is 46.0 Å². The number of rotatable bonds is 11. The third-order valence-electron chi connectivity index (χ3n) is 2.17. The van der Waals surface area contributed by atoms with Crippen LogP contribution in [0, 0.1) is 0 Å². The van der Waals surface area contributed by atoms with E-state index in [1.165, 1.54) is 0 Å². The lowest BCUT2D eigenvalue weighted by atomic mass is 10.4. The Kier molecular flexibility index (Phi) is 9.41. The van der Waals surface area contributed by atoms with Crippen molar-refractivity contribution in [2.24, 2.45) is 0 Å². The molecule has 0 saturated carbocycles. The minimum absolute atomic E-state index is 0.0459. The largest absolute Gasteiger partial charge is 0.481 e. The van der Waals surface area contributed by atoms with Crippen LogP contribution < -0.4 is 0 Å². The van der Waals surface area contributed by atoms with Gasteiger partial charge in [-0.3, -0.25) is 9.36 Å².